The maximum Gasteiger partial charge on any atom is 0.0476 e. The third-order valence-corrected chi connectivity index (χ3v) is 3.07. The van der Waals surface area contributed by atoms with Crippen molar-refractivity contribution in [1.82, 2.24) is 9.55 Å². The first-order chi connectivity index (χ1) is 7.75. The highest BCUT2D eigenvalue weighted by molar-refractivity contribution is 5.81. The van der Waals surface area contributed by atoms with Gasteiger partial charge < -0.3 is 9.55 Å². The fourth-order valence-electron chi connectivity index (χ4n) is 2.25. The van der Waals surface area contributed by atoms with Crippen molar-refractivity contribution < 1.29 is 0 Å². The van der Waals surface area contributed by atoms with Crippen molar-refractivity contribution in [3.05, 3.63) is 54.0 Å². The lowest BCUT2D eigenvalue weighted by atomic mass is 10.2. The molecule has 2 heteroatoms. The van der Waals surface area contributed by atoms with Crippen LogP contribution in [0.5, 0.6) is 0 Å². The van der Waals surface area contributed by atoms with Crippen molar-refractivity contribution in [3.8, 4) is 5.69 Å². The molecule has 0 atom stereocenters. The summed E-state index contributed by atoms with van der Waals surface area (Å²) in [6, 6.07) is 12.9. The van der Waals surface area contributed by atoms with Crippen molar-refractivity contribution in [2.24, 2.45) is 0 Å². The van der Waals surface area contributed by atoms with Crippen LogP contribution in [0.2, 0.25) is 0 Å². The van der Waals surface area contributed by atoms with Gasteiger partial charge in [-0.25, -0.2) is 0 Å². The smallest absolute Gasteiger partial charge is 0.0476 e. The molecule has 1 N–H and O–H groups in total. The summed E-state index contributed by atoms with van der Waals surface area (Å²) in [5.41, 5.74) is 4.94. The largest absolute Gasteiger partial charge is 0.361 e. The summed E-state index contributed by atoms with van der Waals surface area (Å²) in [7, 11) is 0. The minimum absolute atomic E-state index is 1.19. The molecule has 0 aliphatic carbocycles. The molecular weight excluding hydrogens is 196 g/mol. The second-order valence-corrected chi connectivity index (χ2v) is 4.20. The Kier molecular flexibility index (Phi) is 1.90. The first-order valence-corrected chi connectivity index (χ1v) is 5.48. The summed E-state index contributed by atoms with van der Waals surface area (Å²) in [6.45, 7) is 4.26. The number of nitrogens with one attached hydrogen (secondary N) is 1. The molecule has 16 heavy (non-hydrogen) atoms. The van der Waals surface area contributed by atoms with E-state index in [1.54, 1.807) is 0 Å². The molecule has 0 aliphatic heterocycles. The highest BCUT2D eigenvalue weighted by Gasteiger charge is 2.04. The summed E-state index contributed by atoms with van der Waals surface area (Å²) in [5, 5.41) is 1.26. The second-order valence-electron chi connectivity index (χ2n) is 4.20. The van der Waals surface area contributed by atoms with E-state index < -0.39 is 0 Å². The topological polar surface area (TPSA) is 20.7 Å². The minimum atomic E-state index is 1.19. The van der Waals surface area contributed by atoms with Crippen LogP contribution in [0.3, 0.4) is 0 Å². The lowest BCUT2D eigenvalue weighted by molar-refractivity contribution is 0.967. The summed E-state index contributed by atoms with van der Waals surface area (Å²) in [5.74, 6) is 0. The zero-order valence-electron chi connectivity index (χ0n) is 9.49. The van der Waals surface area contributed by atoms with Crippen molar-refractivity contribution >= 4 is 10.9 Å². The zero-order valence-corrected chi connectivity index (χ0v) is 9.49. The van der Waals surface area contributed by atoms with Gasteiger partial charge in [-0.05, 0) is 49.6 Å². The zero-order chi connectivity index (χ0) is 11.1. The third-order valence-electron chi connectivity index (χ3n) is 3.07. The van der Waals surface area contributed by atoms with Crippen LogP contribution in [0.4, 0.5) is 0 Å². The summed E-state index contributed by atoms with van der Waals surface area (Å²) < 4.78 is 2.26. The predicted octanol–water partition coefficient (Wildman–Crippen LogP) is 3.58. The number of hydrogen-bond donors (Lipinski definition) is 1. The Hall–Kier alpha value is -1.96. The van der Waals surface area contributed by atoms with E-state index in [9.17, 15) is 0 Å². The van der Waals surface area contributed by atoms with Gasteiger partial charge in [-0.1, -0.05) is 6.07 Å². The molecule has 0 unspecified atom stereocenters. The lowest BCUT2D eigenvalue weighted by Crippen LogP contribution is -1.98. The Morgan fingerprint density at radius 1 is 0.938 bits per heavy atom. The number of fused-ring (bicyclic) bond motifs is 1. The quantitative estimate of drug-likeness (QED) is 0.634. The van der Waals surface area contributed by atoms with E-state index in [1.165, 1.54) is 28.0 Å². The van der Waals surface area contributed by atoms with E-state index in [2.05, 4.69) is 59.8 Å². The Bertz CT molecular complexity index is 624. The highest BCUT2D eigenvalue weighted by atomic mass is 15.0. The number of benzene rings is 1. The van der Waals surface area contributed by atoms with Gasteiger partial charge in [-0.3, -0.25) is 0 Å². The van der Waals surface area contributed by atoms with Gasteiger partial charge in [0.15, 0.2) is 0 Å². The number of hydrogen-bond acceptors (Lipinski definition) is 0. The van der Waals surface area contributed by atoms with E-state index in [4.69, 9.17) is 0 Å². The Balaban J connectivity index is 2.25. The van der Waals surface area contributed by atoms with Gasteiger partial charge in [0.25, 0.3) is 0 Å². The lowest BCUT2D eigenvalue weighted by Gasteiger charge is -2.09. The van der Waals surface area contributed by atoms with Gasteiger partial charge >= 0.3 is 0 Å². The van der Waals surface area contributed by atoms with E-state index in [0.29, 0.717) is 0 Å². The van der Waals surface area contributed by atoms with Crippen LogP contribution < -0.4 is 0 Å². The van der Waals surface area contributed by atoms with E-state index >= 15 is 0 Å². The van der Waals surface area contributed by atoms with Crippen molar-refractivity contribution in [2.45, 2.75) is 13.8 Å². The van der Waals surface area contributed by atoms with Crippen LogP contribution in [0.1, 0.15) is 11.4 Å². The summed E-state index contributed by atoms with van der Waals surface area (Å²) in [4.78, 5) is 3.25. The monoisotopic (exact) mass is 210 g/mol. The Morgan fingerprint density at radius 3 is 2.44 bits per heavy atom. The second kappa shape index (κ2) is 3.27. The maximum absolute atomic E-state index is 3.25. The van der Waals surface area contributed by atoms with Gasteiger partial charge in [-0.15, -0.1) is 0 Å². The van der Waals surface area contributed by atoms with Gasteiger partial charge in [0.05, 0.1) is 0 Å². The molecule has 0 spiro atoms. The highest BCUT2D eigenvalue weighted by Crippen LogP contribution is 2.20. The number of aromatic nitrogens is 2. The fraction of sp³-hybridized carbons (Fsp3) is 0.143. The van der Waals surface area contributed by atoms with Crippen LogP contribution >= 0.6 is 0 Å². The molecule has 3 rings (SSSR count). The average Bonchev–Trinajstić information content (AvgIpc) is 2.85. The number of rotatable bonds is 1. The van der Waals surface area contributed by atoms with Crippen LogP contribution in [0.15, 0.2) is 42.6 Å². The molecule has 2 nitrogen and oxygen atoms in total. The normalized spacial score (nSPS) is 11.1. The van der Waals surface area contributed by atoms with E-state index in [1.807, 2.05) is 6.20 Å². The van der Waals surface area contributed by atoms with Crippen LogP contribution in [-0.2, 0) is 0 Å². The van der Waals surface area contributed by atoms with Crippen LogP contribution in [-0.4, -0.2) is 9.55 Å². The van der Waals surface area contributed by atoms with Gasteiger partial charge in [0, 0.05) is 28.8 Å². The van der Waals surface area contributed by atoms with E-state index in [-0.39, 0.29) is 0 Å². The first kappa shape index (κ1) is 9.28. The molecule has 0 bridgehead atoms. The molecule has 0 saturated carbocycles. The van der Waals surface area contributed by atoms with Gasteiger partial charge in [-0.2, -0.15) is 0 Å². The molecule has 0 aliphatic rings. The fourth-order valence-corrected chi connectivity index (χ4v) is 2.25. The Labute approximate surface area is 94.5 Å². The molecule has 80 valence electrons. The van der Waals surface area contributed by atoms with Crippen LogP contribution in [0, 0.1) is 13.8 Å². The number of aromatic amines is 1. The number of H-pyrrole nitrogens is 1. The summed E-state index contributed by atoms with van der Waals surface area (Å²) in [6.07, 6.45) is 1.98. The molecule has 0 radical (unpaired) electrons. The molecule has 2 aromatic heterocycles. The Morgan fingerprint density at radius 2 is 1.69 bits per heavy atom. The van der Waals surface area contributed by atoms with Crippen molar-refractivity contribution in [1.29, 1.82) is 0 Å². The molecular formula is C14H14N2. The standard InChI is InChI=1S/C14H14N2/c1-10-3-4-11(2)16(10)13-6-5-12-7-8-15-14(12)9-13/h3-9,15H,1-2H3. The molecule has 3 aromatic rings. The predicted molar refractivity (Wildman–Crippen MR) is 67.1 cm³/mol. The molecule has 0 saturated heterocycles. The maximum atomic E-state index is 3.25. The SMILES string of the molecule is Cc1ccc(C)n1-c1ccc2cc[nH]c2c1. The summed E-state index contributed by atoms with van der Waals surface area (Å²) >= 11 is 0. The first-order valence-electron chi connectivity index (χ1n) is 5.48. The molecule has 0 amide bonds. The van der Waals surface area contributed by atoms with Crippen molar-refractivity contribution in [2.75, 3.05) is 0 Å². The molecule has 1 aromatic carbocycles. The van der Waals surface area contributed by atoms with Crippen molar-refractivity contribution in [3.63, 3.8) is 0 Å². The number of nitrogens with zero attached hydrogens (tertiary/aromatic N) is 1. The number of aryl methyl sites for hydroxylation is 2. The molecule has 2 heterocycles. The van der Waals surface area contributed by atoms with Gasteiger partial charge in [0.2, 0.25) is 0 Å². The third kappa shape index (κ3) is 1.27. The van der Waals surface area contributed by atoms with Crippen LogP contribution in [0.25, 0.3) is 16.6 Å². The van der Waals surface area contributed by atoms with Gasteiger partial charge in [0.1, 0.15) is 0 Å². The molecule has 0 fully saturated rings. The average molecular weight is 210 g/mol. The minimum Gasteiger partial charge on any atom is -0.361 e. The van der Waals surface area contributed by atoms with E-state index in [0.717, 1.165) is 0 Å².